The second-order valence-corrected chi connectivity index (χ2v) is 8.52. The number of ether oxygens (including phenoxy) is 1. The van der Waals surface area contributed by atoms with Crippen molar-refractivity contribution in [3.8, 4) is 0 Å². The normalized spacial score (nSPS) is 19.2. The Bertz CT molecular complexity index is 1340. The van der Waals surface area contributed by atoms with Gasteiger partial charge in [0, 0.05) is 19.2 Å². The molecule has 5 rings (SSSR count). The van der Waals surface area contributed by atoms with E-state index in [2.05, 4.69) is 10.2 Å². The number of imide groups is 1. The molecule has 3 aromatic rings. The average molecular weight is 479 g/mol. The van der Waals surface area contributed by atoms with Crippen LogP contribution in [0.2, 0.25) is 0 Å². The molecule has 2 aliphatic rings. The van der Waals surface area contributed by atoms with Crippen molar-refractivity contribution >= 4 is 17.9 Å². The Morgan fingerprint density at radius 3 is 2.43 bits per heavy atom. The summed E-state index contributed by atoms with van der Waals surface area (Å²) >= 11 is 0. The molecule has 11 heteroatoms. The summed E-state index contributed by atoms with van der Waals surface area (Å²) in [4.78, 5) is 40.8. The number of amides is 3. The van der Waals surface area contributed by atoms with Crippen molar-refractivity contribution in [1.29, 1.82) is 0 Å². The summed E-state index contributed by atoms with van der Waals surface area (Å²) in [6.07, 6.45) is -1.01. The van der Waals surface area contributed by atoms with Crippen LogP contribution >= 0.6 is 0 Å². The first-order valence-electron chi connectivity index (χ1n) is 11.0. The van der Waals surface area contributed by atoms with Crippen LogP contribution in [-0.2, 0) is 30.5 Å². The van der Waals surface area contributed by atoms with Crippen LogP contribution in [0.5, 0.6) is 0 Å². The van der Waals surface area contributed by atoms with Crippen LogP contribution in [0, 0.1) is 12.7 Å². The minimum absolute atomic E-state index is 0.0228. The highest BCUT2D eigenvalue weighted by Gasteiger charge is 2.51. The summed E-state index contributed by atoms with van der Waals surface area (Å²) in [7, 11) is 1.73. The first-order chi connectivity index (χ1) is 16.7. The van der Waals surface area contributed by atoms with E-state index in [0.717, 1.165) is 9.80 Å². The number of nitrogens with zero attached hydrogens (tertiary/aromatic N) is 5. The number of aryl methyl sites for hydroxylation is 1. The summed E-state index contributed by atoms with van der Waals surface area (Å²) in [5, 5.41) is 18.2. The number of hydrogen-bond acceptors (Lipinski definition) is 6. The van der Waals surface area contributed by atoms with Crippen LogP contribution < -0.4 is 0 Å². The maximum atomic E-state index is 14.5. The summed E-state index contributed by atoms with van der Waals surface area (Å²) in [6.45, 7) is 1.12. The van der Waals surface area contributed by atoms with Crippen LogP contribution in [0.3, 0.4) is 0 Å². The van der Waals surface area contributed by atoms with Gasteiger partial charge in [0.2, 0.25) is 0 Å². The zero-order chi connectivity index (χ0) is 24.9. The molecule has 0 fully saturated rings. The highest BCUT2D eigenvalue weighted by atomic mass is 19.1. The van der Waals surface area contributed by atoms with Gasteiger partial charge < -0.3 is 14.4 Å². The number of carbonyl (C=O) groups is 3. The van der Waals surface area contributed by atoms with Crippen LogP contribution in [0.15, 0.2) is 42.5 Å². The lowest BCUT2D eigenvalue weighted by molar-refractivity contribution is -0.170. The van der Waals surface area contributed by atoms with Gasteiger partial charge in [0.05, 0.1) is 17.7 Å². The molecule has 3 amide bonds. The van der Waals surface area contributed by atoms with Crippen LogP contribution in [-0.4, -0.2) is 60.7 Å². The highest BCUT2D eigenvalue weighted by molar-refractivity contribution is 6.21. The van der Waals surface area contributed by atoms with E-state index in [1.807, 2.05) is 0 Å². The molecule has 3 heterocycles. The Labute approximate surface area is 199 Å². The fourth-order valence-electron chi connectivity index (χ4n) is 4.67. The number of aromatic nitrogens is 3. The van der Waals surface area contributed by atoms with E-state index >= 15 is 0 Å². The fraction of sp³-hybridized carbons (Fsp3) is 0.292. The lowest BCUT2D eigenvalue weighted by Crippen LogP contribution is -2.60. The van der Waals surface area contributed by atoms with Gasteiger partial charge in [0.15, 0.2) is 11.5 Å². The standard InChI is InChI=1S/C24H22FN5O5/c1-14-26-27-20(28(14)2)12-35-24(13-29-21(31)17-5-3-4-6-18(17)22(29)32)19-11-16(25)8-7-15(19)9-10-30(24)23(33)34/h3-8,11H,9-10,12-13H2,1-2H3,(H,33,34). The lowest BCUT2D eigenvalue weighted by Gasteiger charge is -2.47. The van der Waals surface area contributed by atoms with Crippen LogP contribution in [0.1, 0.15) is 43.5 Å². The Morgan fingerprint density at radius 1 is 1.14 bits per heavy atom. The number of hydrogen-bond donors (Lipinski definition) is 1. The molecule has 10 nitrogen and oxygen atoms in total. The van der Waals surface area contributed by atoms with Crippen molar-refractivity contribution in [2.24, 2.45) is 7.05 Å². The Morgan fingerprint density at radius 2 is 1.83 bits per heavy atom. The molecule has 2 aromatic carbocycles. The molecular weight excluding hydrogens is 457 g/mol. The van der Waals surface area contributed by atoms with Gasteiger partial charge in [0.25, 0.3) is 11.8 Å². The van der Waals surface area contributed by atoms with Crippen LogP contribution in [0.25, 0.3) is 0 Å². The molecule has 1 N–H and O–H groups in total. The van der Waals surface area contributed by atoms with E-state index in [4.69, 9.17) is 4.74 Å². The van der Waals surface area contributed by atoms with E-state index < -0.39 is 36.0 Å². The summed E-state index contributed by atoms with van der Waals surface area (Å²) in [5.41, 5.74) is -0.534. The summed E-state index contributed by atoms with van der Waals surface area (Å²) in [6, 6.07) is 10.4. The lowest BCUT2D eigenvalue weighted by atomic mass is 9.88. The molecule has 0 saturated carbocycles. The van der Waals surface area contributed by atoms with Crippen molar-refractivity contribution in [3.63, 3.8) is 0 Å². The molecular formula is C24H22FN5O5. The zero-order valence-corrected chi connectivity index (χ0v) is 19.1. The van der Waals surface area contributed by atoms with Gasteiger partial charge in [-0.1, -0.05) is 18.2 Å². The predicted molar refractivity (Wildman–Crippen MR) is 119 cm³/mol. The zero-order valence-electron chi connectivity index (χ0n) is 19.1. The largest absolute Gasteiger partial charge is 0.465 e. The molecule has 35 heavy (non-hydrogen) atoms. The summed E-state index contributed by atoms with van der Waals surface area (Å²) in [5.74, 6) is -0.726. The third kappa shape index (κ3) is 3.55. The first-order valence-corrected chi connectivity index (χ1v) is 11.0. The number of rotatable bonds is 5. The second-order valence-electron chi connectivity index (χ2n) is 8.52. The van der Waals surface area contributed by atoms with E-state index in [0.29, 0.717) is 23.6 Å². The Balaban J connectivity index is 1.64. The van der Waals surface area contributed by atoms with Crippen molar-refractivity contribution in [2.75, 3.05) is 13.1 Å². The van der Waals surface area contributed by atoms with Crippen molar-refractivity contribution in [3.05, 3.63) is 82.2 Å². The third-order valence-corrected chi connectivity index (χ3v) is 6.64. The van der Waals surface area contributed by atoms with Gasteiger partial charge in [0.1, 0.15) is 18.2 Å². The smallest absolute Gasteiger partial charge is 0.409 e. The predicted octanol–water partition coefficient (Wildman–Crippen LogP) is 2.46. The minimum atomic E-state index is -1.87. The number of halogens is 1. The Kier molecular flexibility index (Phi) is 5.36. The van der Waals surface area contributed by atoms with Crippen molar-refractivity contribution in [1.82, 2.24) is 24.6 Å². The van der Waals surface area contributed by atoms with Crippen molar-refractivity contribution < 1.29 is 28.6 Å². The second kappa shape index (κ2) is 8.27. The van der Waals surface area contributed by atoms with Gasteiger partial charge in [-0.25, -0.2) is 9.18 Å². The van der Waals surface area contributed by atoms with Gasteiger partial charge in [-0.2, -0.15) is 0 Å². The average Bonchev–Trinajstić information content (AvgIpc) is 3.29. The van der Waals surface area contributed by atoms with Gasteiger partial charge in [-0.15, -0.1) is 10.2 Å². The SMILES string of the molecule is Cc1nnc(COC2(CN3C(=O)c4ccccc4C3=O)c3cc(F)ccc3CCN2C(=O)O)n1C. The monoisotopic (exact) mass is 479 g/mol. The summed E-state index contributed by atoms with van der Waals surface area (Å²) < 4.78 is 22.4. The molecule has 0 saturated heterocycles. The highest BCUT2D eigenvalue weighted by Crippen LogP contribution is 2.40. The van der Waals surface area contributed by atoms with Gasteiger partial charge in [-0.3, -0.25) is 19.4 Å². The third-order valence-electron chi connectivity index (χ3n) is 6.64. The van der Waals surface area contributed by atoms with E-state index in [-0.39, 0.29) is 29.8 Å². The number of carboxylic acid groups (broad SMARTS) is 1. The van der Waals surface area contributed by atoms with Gasteiger partial charge >= 0.3 is 6.09 Å². The quantitative estimate of drug-likeness (QED) is 0.559. The van der Waals surface area contributed by atoms with E-state index in [1.54, 1.807) is 36.7 Å². The van der Waals surface area contributed by atoms with Crippen molar-refractivity contribution in [2.45, 2.75) is 25.7 Å². The maximum absolute atomic E-state index is 14.5. The molecule has 2 aliphatic heterocycles. The van der Waals surface area contributed by atoms with E-state index in [1.165, 1.54) is 24.3 Å². The Hall–Kier alpha value is -4.12. The molecule has 0 bridgehead atoms. The molecule has 0 aliphatic carbocycles. The molecule has 1 aromatic heterocycles. The number of carbonyl (C=O) groups excluding carboxylic acids is 2. The van der Waals surface area contributed by atoms with Crippen LogP contribution in [0.4, 0.5) is 9.18 Å². The maximum Gasteiger partial charge on any atom is 0.409 e. The number of benzene rings is 2. The molecule has 1 unspecified atom stereocenters. The molecule has 0 spiro atoms. The fourth-order valence-corrected chi connectivity index (χ4v) is 4.67. The molecule has 1 atom stereocenters. The van der Waals surface area contributed by atoms with E-state index in [9.17, 15) is 23.9 Å². The van der Waals surface area contributed by atoms with Gasteiger partial charge in [-0.05, 0) is 43.2 Å². The molecule has 180 valence electrons. The minimum Gasteiger partial charge on any atom is -0.465 e. The number of fused-ring (bicyclic) bond motifs is 2. The molecule has 0 radical (unpaired) electrons. The first kappa shape index (κ1) is 22.7. The topological polar surface area (TPSA) is 118 Å².